The van der Waals surface area contributed by atoms with Crippen LogP contribution in [0.4, 0.5) is 10.1 Å². The van der Waals surface area contributed by atoms with Gasteiger partial charge in [0, 0.05) is 5.69 Å². The van der Waals surface area contributed by atoms with Crippen molar-refractivity contribution in [2.75, 3.05) is 18.0 Å². The second-order valence-corrected chi connectivity index (χ2v) is 4.25. The molecule has 0 N–H and O–H groups in total. The molecule has 1 heterocycles. The van der Waals surface area contributed by atoms with Crippen LogP contribution in [0.3, 0.4) is 0 Å². The van der Waals surface area contributed by atoms with Crippen molar-refractivity contribution in [1.82, 2.24) is 0 Å². The Kier molecular flexibility index (Phi) is 2.44. The summed E-state index contributed by atoms with van der Waals surface area (Å²) in [4.78, 5) is 2.06. The Balaban J connectivity index is 2.07. The van der Waals surface area contributed by atoms with Crippen molar-refractivity contribution in [2.45, 2.75) is 25.9 Å². The fourth-order valence-corrected chi connectivity index (χ4v) is 1.71. The van der Waals surface area contributed by atoms with Crippen LogP contribution >= 0.6 is 0 Å². The number of benzene rings is 1. The van der Waals surface area contributed by atoms with Crippen LogP contribution in [0.1, 0.15) is 25.3 Å². The van der Waals surface area contributed by atoms with E-state index in [1.165, 1.54) is 5.56 Å². The number of halogens is 1. The van der Waals surface area contributed by atoms with E-state index in [-0.39, 0.29) is 0 Å². The highest BCUT2D eigenvalue weighted by molar-refractivity contribution is 5.50. The highest BCUT2D eigenvalue weighted by atomic mass is 19.1. The van der Waals surface area contributed by atoms with Gasteiger partial charge in [-0.05, 0) is 23.6 Å². The van der Waals surface area contributed by atoms with Crippen molar-refractivity contribution in [3.05, 3.63) is 29.8 Å². The van der Waals surface area contributed by atoms with Crippen molar-refractivity contribution in [3.8, 4) is 0 Å². The van der Waals surface area contributed by atoms with Crippen LogP contribution in [-0.2, 0) is 0 Å². The van der Waals surface area contributed by atoms with Crippen LogP contribution < -0.4 is 4.90 Å². The predicted octanol–water partition coefficient (Wildman–Crippen LogP) is 2.97. The molecular weight excluding hydrogens is 177 g/mol. The van der Waals surface area contributed by atoms with Gasteiger partial charge in [-0.3, -0.25) is 0 Å². The average molecular weight is 193 g/mol. The molecule has 0 unspecified atom stereocenters. The second-order valence-electron chi connectivity index (χ2n) is 4.25. The van der Waals surface area contributed by atoms with Crippen molar-refractivity contribution in [1.29, 1.82) is 0 Å². The smallest absolute Gasteiger partial charge is 0.135 e. The Morgan fingerprint density at radius 3 is 2.21 bits per heavy atom. The number of rotatable bonds is 2. The van der Waals surface area contributed by atoms with E-state index in [0.717, 1.165) is 5.69 Å². The summed E-state index contributed by atoms with van der Waals surface area (Å²) in [6.45, 7) is 5.47. The van der Waals surface area contributed by atoms with Gasteiger partial charge < -0.3 is 4.90 Å². The number of anilines is 1. The van der Waals surface area contributed by atoms with E-state index in [4.69, 9.17) is 0 Å². The zero-order valence-electron chi connectivity index (χ0n) is 8.70. The molecule has 0 bridgehead atoms. The third-order valence-electron chi connectivity index (χ3n) is 2.76. The maximum Gasteiger partial charge on any atom is 0.135 e. The lowest BCUT2D eigenvalue weighted by atomic mass is 10.0. The van der Waals surface area contributed by atoms with Gasteiger partial charge in [-0.25, -0.2) is 4.39 Å². The van der Waals surface area contributed by atoms with E-state index in [9.17, 15) is 4.39 Å². The molecule has 1 aromatic carbocycles. The summed E-state index contributed by atoms with van der Waals surface area (Å²) >= 11 is 0. The van der Waals surface area contributed by atoms with E-state index in [0.29, 0.717) is 19.0 Å². The molecule has 2 rings (SSSR count). The third-order valence-corrected chi connectivity index (χ3v) is 2.76. The molecule has 0 atom stereocenters. The van der Waals surface area contributed by atoms with Crippen LogP contribution in [0.2, 0.25) is 0 Å². The fourth-order valence-electron chi connectivity index (χ4n) is 1.71. The Bertz CT molecular complexity index is 299. The lowest BCUT2D eigenvalue weighted by molar-refractivity contribution is 0.275. The van der Waals surface area contributed by atoms with Crippen molar-refractivity contribution < 1.29 is 4.39 Å². The molecule has 0 aliphatic carbocycles. The number of nitrogens with zero attached hydrogens (tertiary/aromatic N) is 1. The maximum atomic E-state index is 12.6. The van der Waals surface area contributed by atoms with Gasteiger partial charge in [0.2, 0.25) is 0 Å². The van der Waals surface area contributed by atoms with E-state index in [1.54, 1.807) is 0 Å². The molecule has 1 saturated heterocycles. The van der Waals surface area contributed by atoms with Crippen LogP contribution in [0.25, 0.3) is 0 Å². The Labute approximate surface area is 84.5 Å². The van der Waals surface area contributed by atoms with Crippen molar-refractivity contribution in [3.63, 3.8) is 0 Å². The Morgan fingerprint density at radius 1 is 1.21 bits per heavy atom. The zero-order valence-corrected chi connectivity index (χ0v) is 8.70. The summed E-state index contributed by atoms with van der Waals surface area (Å²) in [5.41, 5.74) is 2.48. The largest absolute Gasteiger partial charge is 0.366 e. The molecule has 0 amide bonds. The molecule has 0 saturated carbocycles. The van der Waals surface area contributed by atoms with E-state index >= 15 is 0 Å². The first-order valence-electron chi connectivity index (χ1n) is 5.16. The van der Waals surface area contributed by atoms with Gasteiger partial charge in [0.25, 0.3) is 0 Å². The highest BCUT2D eigenvalue weighted by Gasteiger charge is 2.25. The standard InChI is InChI=1S/C12H16FN/c1-9(2)10-3-5-12(6-4-10)14-7-11(13)8-14/h3-6,9,11H,7-8H2,1-2H3. The molecular formula is C12H16FN. The molecule has 0 spiro atoms. The first-order valence-corrected chi connectivity index (χ1v) is 5.16. The normalized spacial score (nSPS) is 17.3. The van der Waals surface area contributed by atoms with Crippen LogP contribution in [0.15, 0.2) is 24.3 Å². The minimum absolute atomic E-state index is 0.557. The first kappa shape index (κ1) is 9.50. The third kappa shape index (κ3) is 1.74. The van der Waals surface area contributed by atoms with Gasteiger partial charge in [0.15, 0.2) is 0 Å². The summed E-state index contributed by atoms with van der Waals surface area (Å²) in [5.74, 6) is 0.564. The van der Waals surface area contributed by atoms with Gasteiger partial charge in [-0.2, -0.15) is 0 Å². The molecule has 0 aromatic heterocycles. The van der Waals surface area contributed by atoms with Gasteiger partial charge >= 0.3 is 0 Å². The number of hydrogen-bond acceptors (Lipinski definition) is 1. The van der Waals surface area contributed by atoms with Gasteiger partial charge in [0.05, 0.1) is 13.1 Å². The Morgan fingerprint density at radius 2 is 1.79 bits per heavy atom. The van der Waals surface area contributed by atoms with Gasteiger partial charge in [-0.15, -0.1) is 0 Å². The molecule has 1 aliphatic rings. The quantitative estimate of drug-likeness (QED) is 0.698. The van der Waals surface area contributed by atoms with Gasteiger partial charge in [0.1, 0.15) is 6.17 Å². The van der Waals surface area contributed by atoms with Crippen molar-refractivity contribution >= 4 is 5.69 Å². The minimum Gasteiger partial charge on any atom is -0.366 e. The SMILES string of the molecule is CC(C)c1ccc(N2CC(F)C2)cc1. The summed E-state index contributed by atoms with van der Waals surface area (Å²) < 4.78 is 12.6. The minimum atomic E-state index is -0.625. The summed E-state index contributed by atoms with van der Waals surface area (Å²) in [6, 6.07) is 8.43. The molecule has 14 heavy (non-hydrogen) atoms. The monoisotopic (exact) mass is 193 g/mol. The average Bonchev–Trinajstić information content (AvgIpc) is 2.13. The van der Waals surface area contributed by atoms with Gasteiger partial charge in [-0.1, -0.05) is 26.0 Å². The molecule has 2 heteroatoms. The number of hydrogen-bond donors (Lipinski definition) is 0. The van der Waals surface area contributed by atoms with Crippen LogP contribution in [-0.4, -0.2) is 19.3 Å². The fraction of sp³-hybridized carbons (Fsp3) is 0.500. The summed E-state index contributed by atoms with van der Waals surface area (Å²) in [6.07, 6.45) is -0.625. The number of alkyl halides is 1. The maximum absolute atomic E-state index is 12.6. The molecule has 1 aliphatic heterocycles. The van der Waals surface area contributed by atoms with E-state index in [1.807, 2.05) is 0 Å². The zero-order chi connectivity index (χ0) is 10.1. The molecule has 1 aromatic rings. The second kappa shape index (κ2) is 3.60. The molecule has 76 valence electrons. The molecule has 1 nitrogen and oxygen atoms in total. The highest BCUT2D eigenvalue weighted by Crippen LogP contribution is 2.24. The Hall–Kier alpha value is -1.05. The van der Waals surface area contributed by atoms with Crippen molar-refractivity contribution in [2.24, 2.45) is 0 Å². The summed E-state index contributed by atoms with van der Waals surface area (Å²) in [5, 5.41) is 0. The van der Waals surface area contributed by atoms with Crippen LogP contribution in [0.5, 0.6) is 0 Å². The lowest BCUT2D eigenvalue weighted by Gasteiger charge is -2.36. The van der Waals surface area contributed by atoms with E-state index < -0.39 is 6.17 Å². The van der Waals surface area contributed by atoms with Crippen LogP contribution in [0, 0.1) is 0 Å². The lowest BCUT2D eigenvalue weighted by Crippen LogP contribution is -2.48. The molecule has 0 radical (unpaired) electrons. The van der Waals surface area contributed by atoms with E-state index in [2.05, 4.69) is 43.0 Å². The summed E-state index contributed by atoms with van der Waals surface area (Å²) in [7, 11) is 0. The molecule has 1 fully saturated rings. The predicted molar refractivity (Wildman–Crippen MR) is 57.6 cm³/mol. The topological polar surface area (TPSA) is 3.24 Å². The first-order chi connectivity index (χ1) is 6.66.